The summed E-state index contributed by atoms with van der Waals surface area (Å²) in [5, 5.41) is 20.4. The van der Waals surface area contributed by atoms with Crippen molar-refractivity contribution in [1.82, 2.24) is 24.7 Å². The summed E-state index contributed by atoms with van der Waals surface area (Å²) < 4.78 is 16.1. The highest BCUT2D eigenvalue weighted by atomic mass is 35.5. The smallest absolute Gasteiger partial charge is 0.309 e. The summed E-state index contributed by atoms with van der Waals surface area (Å²) in [5.41, 5.74) is 6.62. The number of carbonyl (C=O) groups excluding carboxylic acids is 1. The first-order chi connectivity index (χ1) is 19.9. The number of hydrogen-bond acceptors (Lipinski definition) is 8. The molecule has 0 radical (unpaired) electrons. The average Bonchev–Trinajstić information content (AvgIpc) is 3.60. The van der Waals surface area contributed by atoms with Crippen LogP contribution in [-0.4, -0.2) is 41.7 Å². The van der Waals surface area contributed by atoms with Crippen LogP contribution in [0.5, 0.6) is 0 Å². The van der Waals surface area contributed by atoms with E-state index in [4.69, 9.17) is 22.4 Å². The van der Waals surface area contributed by atoms with Gasteiger partial charge in [-0.15, -0.1) is 11.3 Å². The number of aliphatic carboxylic acids is 1. The molecule has 42 heavy (non-hydrogen) atoms. The fourth-order valence-electron chi connectivity index (χ4n) is 5.08. The minimum atomic E-state index is -1.28. The van der Waals surface area contributed by atoms with Crippen molar-refractivity contribution in [2.24, 2.45) is 5.41 Å². The van der Waals surface area contributed by atoms with Crippen LogP contribution in [0.4, 0.5) is 16.0 Å². The van der Waals surface area contributed by atoms with E-state index in [1.54, 1.807) is 67.2 Å². The van der Waals surface area contributed by atoms with Gasteiger partial charge in [0.25, 0.3) is 0 Å². The zero-order valence-corrected chi connectivity index (χ0v) is 24.3. The van der Waals surface area contributed by atoms with Gasteiger partial charge in [0.05, 0.1) is 28.7 Å². The third-order valence-electron chi connectivity index (χ3n) is 7.51. The highest BCUT2D eigenvalue weighted by Crippen LogP contribution is 2.46. The molecular formula is C29H25ClFN7O3S. The second-order valence-corrected chi connectivity index (χ2v) is 12.3. The Hall–Kier alpha value is -4.42. The predicted octanol–water partition coefficient (Wildman–Crippen LogP) is 5.28. The van der Waals surface area contributed by atoms with Gasteiger partial charge in [0, 0.05) is 27.8 Å². The Bertz CT molecular complexity index is 1920. The molecule has 0 spiro atoms. The molecule has 1 aliphatic rings. The number of nitrogens with one attached hydrogen (secondary N) is 1. The van der Waals surface area contributed by atoms with Crippen LogP contribution >= 0.6 is 22.9 Å². The number of nitrogen functional groups attached to an aromatic ring is 1. The van der Waals surface area contributed by atoms with E-state index in [2.05, 4.69) is 20.3 Å². The van der Waals surface area contributed by atoms with Gasteiger partial charge < -0.3 is 16.2 Å². The lowest BCUT2D eigenvalue weighted by molar-refractivity contribution is -0.146. The van der Waals surface area contributed by atoms with Crippen LogP contribution in [0.1, 0.15) is 42.6 Å². The van der Waals surface area contributed by atoms with Crippen LogP contribution < -0.4 is 11.1 Å². The maximum atomic E-state index is 14.5. The van der Waals surface area contributed by atoms with Gasteiger partial charge >= 0.3 is 5.97 Å². The SMILES string of the molecule is CC(C)(Cc1csc(C2(C)C(=O)Nc3nc(-c4nn(Cc5ccccc5F)c5cc(Cl)ccc45)nc(N)c32)n1)C(=O)O. The number of rotatable bonds is 7. The van der Waals surface area contributed by atoms with Crippen LogP contribution in [0.2, 0.25) is 5.02 Å². The Labute approximate surface area is 248 Å². The molecule has 0 aliphatic carbocycles. The number of nitrogens with zero attached hydrogens (tertiary/aromatic N) is 5. The first-order valence-corrected chi connectivity index (χ1v) is 14.2. The quantitative estimate of drug-likeness (QED) is 0.227. The van der Waals surface area contributed by atoms with Gasteiger partial charge in [0.1, 0.15) is 33.6 Å². The van der Waals surface area contributed by atoms with Crippen molar-refractivity contribution in [3.05, 3.63) is 80.5 Å². The van der Waals surface area contributed by atoms with Crippen molar-refractivity contribution in [3.63, 3.8) is 0 Å². The average molecular weight is 606 g/mol. The van der Waals surface area contributed by atoms with Gasteiger partial charge in [0.2, 0.25) is 5.91 Å². The number of thiazole rings is 1. The zero-order chi connectivity index (χ0) is 30.0. The summed E-state index contributed by atoms with van der Waals surface area (Å²) in [6.07, 6.45) is 0.195. The molecule has 0 bridgehead atoms. The molecule has 2 aromatic carbocycles. The maximum Gasteiger partial charge on any atom is 0.309 e. The topological polar surface area (TPSA) is 149 Å². The maximum absolute atomic E-state index is 14.5. The molecule has 0 saturated heterocycles. The van der Waals surface area contributed by atoms with E-state index in [0.29, 0.717) is 43.4 Å². The Morgan fingerprint density at radius 3 is 2.71 bits per heavy atom. The lowest BCUT2D eigenvalue weighted by atomic mass is 9.85. The van der Waals surface area contributed by atoms with Crippen molar-refractivity contribution < 1.29 is 19.1 Å². The van der Waals surface area contributed by atoms with Crippen molar-refractivity contribution in [3.8, 4) is 11.5 Å². The second-order valence-electron chi connectivity index (χ2n) is 11.0. The first kappa shape index (κ1) is 27.7. The molecule has 1 atom stereocenters. The number of aromatic nitrogens is 5. The molecular weight excluding hydrogens is 581 g/mol. The largest absolute Gasteiger partial charge is 0.481 e. The van der Waals surface area contributed by atoms with Crippen molar-refractivity contribution in [2.75, 3.05) is 11.1 Å². The number of benzene rings is 2. The standard InChI is InChI=1S/C29H25ClFN7O3S/c1-28(2,27(40)41)11-16-13-42-26(33-16)29(3)20-22(32)34-24(35-23(20)36-25(29)39)21-17-9-8-15(30)10-19(17)38(37-21)12-14-6-4-5-7-18(14)31/h4-10,13H,11-12H2,1-3H3,(H,40,41)(H3,32,34,35,36,39). The number of anilines is 2. The summed E-state index contributed by atoms with van der Waals surface area (Å²) in [6, 6.07) is 11.7. The molecule has 13 heteroatoms. The van der Waals surface area contributed by atoms with Crippen LogP contribution in [0.15, 0.2) is 47.8 Å². The van der Waals surface area contributed by atoms with Crippen molar-refractivity contribution in [1.29, 1.82) is 0 Å². The summed E-state index contributed by atoms with van der Waals surface area (Å²) in [6.45, 7) is 5.08. The molecule has 4 N–H and O–H groups in total. The summed E-state index contributed by atoms with van der Waals surface area (Å²) in [5.74, 6) is -1.19. The highest BCUT2D eigenvalue weighted by molar-refractivity contribution is 7.10. The van der Waals surface area contributed by atoms with Crippen LogP contribution in [0, 0.1) is 11.2 Å². The number of amides is 1. The monoisotopic (exact) mass is 605 g/mol. The van der Waals surface area contributed by atoms with Gasteiger partial charge in [-0.2, -0.15) is 5.10 Å². The van der Waals surface area contributed by atoms with Crippen molar-refractivity contribution >= 4 is 57.4 Å². The molecule has 0 saturated carbocycles. The Morgan fingerprint density at radius 1 is 1.21 bits per heavy atom. The van der Waals surface area contributed by atoms with Gasteiger partial charge in [0.15, 0.2) is 5.82 Å². The summed E-state index contributed by atoms with van der Waals surface area (Å²) in [7, 11) is 0. The molecule has 5 aromatic rings. The molecule has 3 aromatic heterocycles. The van der Waals surface area contributed by atoms with Crippen molar-refractivity contribution in [2.45, 2.75) is 39.2 Å². The van der Waals surface area contributed by atoms with Gasteiger partial charge in [-0.1, -0.05) is 29.8 Å². The highest BCUT2D eigenvalue weighted by Gasteiger charge is 2.50. The Balaban J connectivity index is 1.42. The second kappa shape index (κ2) is 9.85. The molecule has 1 aliphatic heterocycles. The number of nitrogens with two attached hydrogens (primary N) is 1. The lowest BCUT2D eigenvalue weighted by Gasteiger charge is -2.20. The van der Waals surface area contributed by atoms with E-state index in [1.165, 1.54) is 17.4 Å². The molecule has 6 rings (SSSR count). The van der Waals surface area contributed by atoms with Gasteiger partial charge in [-0.25, -0.2) is 19.3 Å². The summed E-state index contributed by atoms with van der Waals surface area (Å²) >= 11 is 7.54. The first-order valence-electron chi connectivity index (χ1n) is 13.0. The normalized spacial score (nSPS) is 16.5. The third kappa shape index (κ3) is 4.47. The van der Waals surface area contributed by atoms with E-state index in [1.807, 2.05) is 0 Å². The van der Waals surface area contributed by atoms with Crippen LogP contribution in [0.3, 0.4) is 0 Å². The predicted molar refractivity (Wildman–Crippen MR) is 158 cm³/mol. The molecule has 214 valence electrons. The zero-order valence-electron chi connectivity index (χ0n) is 22.8. The van der Waals surface area contributed by atoms with E-state index < -0.39 is 16.8 Å². The number of hydrogen-bond donors (Lipinski definition) is 3. The summed E-state index contributed by atoms with van der Waals surface area (Å²) in [4.78, 5) is 38.9. The molecule has 1 amide bonds. The number of carboxylic acids is 1. The number of fused-ring (bicyclic) bond motifs is 2. The van der Waals surface area contributed by atoms with E-state index in [9.17, 15) is 19.1 Å². The van der Waals surface area contributed by atoms with Gasteiger partial charge in [-0.05, 0) is 45.0 Å². The fraction of sp³-hybridized carbons (Fsp3) is 0.241. The Morgan fingerprint density at radius 2 is 1.98 bits per heavy atom. The van der Waals surface area contributed by atoms with E-state index in [-0.39, 0.29) is 42.2 Å². The lowest BCUT2D eigenvalue weighted by Crippen LogP contribution is -2.33. The molecule has 10 nitrogen and oxygen atoms in total. The van der Waals surface area contributed by atoms with Crippen LogP contribution in [-0.2, 0) is 28.0 Å². The molecule has 0 fully saturated rings. The number of halogens is 2. The van der Waals surface area contributed by atoms with Gasteiger partial charge in [-0.3, -0.25) is 14.3 Å². The minimum Gasteiger partial charge on any atom is -0.481 e. The van der Waals surface area contributed by atoms with E-state index in [0.717, 1.165) is 0 Å². The number of carboxylic acid groups (broad SMARTS) is 1. The van der Waals surface area contributed by atoms with E-state index >= 15 is 0 Å². The molecule has 4 heterocycles. The molecule has 1 unspecified atom stereocenters. The third-order valence-corrected chi connectivity index (χ3v) is 8.86. The Kier molecular flexibility index (Phi) is 6.50. The van der Waals surface area contributed by atoms with Crippen LogP contribution in [0.25, 0.3) is 22.4 Å². The fourth-order valence-corrected chi connectivity index (χ4v) is 6.23. The minimum absolute atomic E-state index is 0.0734. The number of carbonyl (C=O) groups is 2.